The van der Waals surface area contributed by atoms with Crippen molar-refractivity contribution in [1.29, 1.82) is 0 Å². The van der Waals surface area contributed by atoms with Crippen LogP contribution in [0, 0.1) is 0 Å². The van der Waals surface area contributed by atoms with E-state index in [9.17, 15) is 9.59 Å². The highest BCUT2D eigenvalue weighted by Crippen LogP contribution is 2.34. The molecule has 0 spiro atoms. The Kier molecular flexibility index (Phi) is 5.10. The lowest BCUT2D eigenvalue weighted by molar-refractivity contribution is -0.114. The zero-order valence-corrected chi connectivity index (χ0v) is 15.9. The number of hydrogen-bond donors (Lipinski definition) is 2. The van der Waals surface area contributed by atoms with E-state index in [1.807, 2.05) is 18.2 Å². The molecule has 2 amide bonds. The first-order valence-corrected chi connectivity index (χ1v) is 9.78. The molecule has 1 saturated carbocycles. The van der Waals surface area contributed by atoms with Gasteiger partial charge in [0.25, 0.3) is 5.91 Å². The van der Waals surface area contributed by atoms with Gasteiger partial charge in [-0.3, -0.25) is 14.9 Å². The lowest BCUT2D eigenvalue weighted by Gasteiger charge is -2.25. The van der Waals surface area contributed by atoms with E-state index in [0.29, 0.717) is 23.2 Å². The minimum absolute atomic E-state index is 0.170. The van der Waals surface area contributed by atoms with E-state index in [1.54, 1.807) is 24.3 Å². The van der Waals surface area contributed by atoms with Gasteiger partial charge in [0, 0.05) is 24.2 Å². The summed E-state index contributed by atoms with van der Waals surface area (Å²) in [5, 5.41) is 5.70. The van der Waals surface area contributed by atoms with Crippen molar-refractivity contribution < 1.29 is 9.59 Å². The molecule has 0 atom stereocenters. The normalized spacial score (nSPS) is 14.8. The van der Waals surface area contributed by atoms with Gasteiger partial charge in [-0.15, -0.1) is 0 Å². The second-order valence-corrected chi connectivity index (χ2v) is 7.30. The maximum atomic E-state index is 12.9. The van der Waals surface area contributed by atoms with Crippen LogP contribution in [0.4, 0.5) is 11.6 Å². The van der Waals surface area contributed by atoms with Crippen LogP contribution < -0.4 is 10.6 Å². The molecule has 2 aromatic carbocycles. The molecule has 6 heteroatoms. The summed E-state index contributed by atoms with van der Waals surface area (Å²) in [5.74, 6) is 0.180. The average Bonchev–Trinajstić information content (AvgIpc) is 3.06. The molecule has 0 bridgehead atoms. The Morgan fingerprint density at radius 3 is 2.57 bits per heavy atom. The predicted molar refractivity (Wildman–Crippen MR) is 111 cm³/mol. The second-order valence-electron chi connectivity index (χ2n) is 7.30. The van der Waals surface area contributed by atoms with Crippen molar-refractivity contribution in [2.75, 3.05) is 10.6 Å². The van der Waals surface area contributed by atoms with Crippen LogP contribution >= 0.6 is 0 Å². The van der Waals surface area contributed by atoms with Crippen LogP contribution in [-0.4, -0.2) is 21.4 Å². The van der Waals surface area contributed by atoms with E-state index in [-0.39, 0.29) is 11.8 Å². The highest BCUT2D eigenvalue weighted by atomic mass is 16.2. The molecule has 0 unspecified atom stereocenters. The molecular formula is C22H24N4O2. The summed E-state index contributed by atoms with van der Waals surface area (Å²) in [6.07, 6.45) is 5.86. The van der Waals surface area contributed by atoms with Gasteiger partial charge in [0.2, 0.25) is 11.9 Å². The van der Waals surface area contributed by atoms with Crippen molar-refractivity contribution in [3.05, 3.63) is 54.1 Å². The van der Waals surface area contributed by atoms with Crippen LogP contribution in [0.2, 0.25) is 0 Å². The van der Waals surface area contributed by atoms with Crippen molar-refractivity contribution >= 4 is 34.5 Å². The van der Waals surface area contributed by atoms with E-state index in [0.717, 1.165) is 23.9 Å². The molecule has 0 aliphatic heterocycles. The molecule has 3 aromatic rings. The molecule has 2 N–H and O–H groups in total. The number of benzene rings is 2. The number of aromatic nitrogens is 2. The molecule has 1 aliphatic rings. The summed E-state index contributed by atoms with van der Waals surface area (Å²) >= 11 is 0. The first-order chi connectivity index (χ1) is 13.6. The Morgan fingerprint density at radius 2 is 1.79 bits per heavy atom. The van der Waals surface area contributed by atoms with E-state index in [2.05, 4.69) is 26.3 Å². The SMILES string of the molecule is CC(=O)Nc1cccc(C(=O)Nc2nc3ccccc3n2C2CCCCC2)c1. The molecule has 28 heavy (non-hydrogen) atoms. The molecule has 4 rings (SSSR count). The number of carbonyl (C=O) groups is 2. The van der Waals surface area contributed by atoms with Gasteiger partial charge in [0.05, 0.1) is 11.0 Å². The fraction of sp³-hybridized carbons (Fsp3) is 0.318. The number of carbonyl (C=O) groups excluding carboxylic acids is 2. The van der Waals surface area contributed by atoms with Crippen molar-refractivity contribution in [2.24, 2.45) is 0 Å². The topological polar surface area (TPSA) is 76.0 Å². The number of amides is 2. The Morgan fingerprint density at radius 1 is 1.00 bits per heavy atom. The van der Waals surface area contributed by atoms with Gasteiger partial charge in [0.15, 0.2) is 0 Å². The highest BCUT2D eigenvalue weighted by molar-refractivity contribution is 6.05. The van der Waals surface area contributed by atoms with Crippen molar-refractivity contribution in [3.63, 3.8) is 0 Å². The summed E-state index contributed by atoms with van der Waals surface area (Å²) < 4.78 is 2.18. The molecule has 1 aromatic heterocycles. The number of nitrogens with one attached hydrogen (secondary N) is 2. The summed E-state index contributed by atoms with van der Waals surface area (Å²) in [4.78, 5) is 28.9. The van der Waals surface area contributed by atoms with Crippen molar-refractivity contribution in [3.8, 4) is 0 Å². The van der Waals surface area contributed by atoms with Crippen LogP contribution in [0.1, 0.15) is 55.4 Å². The quantitative estimate of drug-likeness (QED) is 0.690. The fourth-order valence-electron chi connectivity index (χ4n) is 3.96. The van der Waals surface area contributed by atoms with Gasteiger partial charge in [-0.2, -0.15) is 0 Å². The number of rotatable bonds is 4. The Hall–Kier alpha value is -3.15. The lowest BCUT2D eigenvalue weighted by Crippen LogP contribution is -2.20. The maximum absolute atomic E-state index is 12.9. The molecule has 6 nitrogen and oxygen atoms in total. The van der Waals surface area contributed by atoms with Crippen LogP contribution in [0.15, 0.2) is 48.5 Å². The summed E-state index contributed by atoms with van der Waals surface area (Å²) in [6.45, 7) is 1.44. The van der Waals surface area contributed by atoms with E-state index in [4.69, 9.17) is 0 Å². The van der Waals surface area contributed by atoms with Crippen molar-refractivity contribution in [1.82, 2.24) is 9.55 Å². The van der Waals surface area contributed by atoms with E-state index < -0.39 is 0 Å². The Bertz CT molecular complexity index is 1020. The highest BCUT2D eigenvalue weighted by Gasteiger charge is 2.22. The lowest BCUT2D eigenvalue weighted by atomic mass is 9.95. The third-order valence-corrected chi connectivity index (χ3v) is 5.21. The van der Waals surface area contributed by atoms with Crippen molar-refractivity contribution in [2.45, 2.75) is 45.1 Å². The van der Waals surface area contributed by atoms with E-state index in [1.165, 1.54) is 26.2 Å². The molecule has 0 radical (unpaired) electrons. The van der Waals surface area contributed by atoms with Gasteiger partial charge < -0.3 is 9.88 Å². The summed E-state index contributed by atoms with van der Waals surface area (Å²) in [5.41, 5.74) is 3.02. The van der Waals surface area contributed by atoms with Crippen LogP contribution in [0.25, 0.3) is 11.0 Å². The molecule has 0 saturated heterocycles. The first kappa shape index (κ1) is 18.2. The molecule has 1 heterocycles. The monoisotopic (exact) mass is 376 g/mol. The maximum Gasteiger partial charge on any atom is 0.258 e. The Labute approximate surface area is 164 Å². The minimum atomic E-state index is -0.237. The standard InChI is InChI=1S/C22H24N4O2/c1-15(27)23-17-9-7-8-16(14-17)21(28)25-22-24-19-12-5-6-13-20(19)26(22)18-10-3-2-4-11-18/h5-9,12-14,18H,2-4,10-11H2,1H3,(H,23,27)(H,24,25,28). The predicted octanol–water partition coefficient (Wildman–Crippen LogP) is 4.75. The largest absolute Gasteiger partial charge is 0.326 e. The minimum Gasteiger partial charge on any atom is -0.326 e. The number of para-hydroxylation sites is 2. The number of hydrogen-bond acceptors (Lipinski definition) is 3. The van der Waals surface area contributed by atoms with Gasteiger partial charge in [-0.05, 0) is 43.2 Å². The van der Waals surface area contributed by atoms with Gasteiger partial charge in [-0.25, -0.2) is 4.98 Å². The third kappa shape index (κ3) is 3.76. The zero-order valence-electron chi connectivity index (χ0n) is 15.9. The summed E-state index contributed by atoms with van der Waals surface area (Å²) in [6, 6.07) is 15.3. The van der Waals surface area contributed by atoms with Gasteiger partial charge >= 0.3 is 0 Å². The van der Waals surface area contributed by atoms with Gasteiger partial charge in [0.1, 0.15) is 0 Å². The van der Waals surface area contributed by atoms with E-state index >= 15 is 0 Å². The summed E-state index contributed by atoms with van der Waals surface area (Å²) in [7, 11) is 0. The van der Waals surface area contributed by atoms with Crippen LogP contribution in [0.3, 0.4) is 0 Å². The third-order valence-electron chi connectivity index (χ3n) is 5.21. The fourth-order valence-corrected chi connectivity index (χ4v) is 3.96. The number of imidazole rings is 1. The molecule has 1 aliphatic carbocycles. The number of fused-ring (bicyclic) bond motifs is 1. The Balaban J connectivity index is 1.66. The van der Waals surface area contributed by atoms with Crippen LogP contribution in [-0.2, 0) is 4.79 Å². The average molecular weight is 376 g/mol. The molecule has 144 valence electrons. The van der Waals surface area contributed by atoms with Crippen LogP contribution in [0.5, 0.6) is 0 Å². The smallest absolute Gasteiger partial charge is 0.258 e. The first-order valence-electron chi connectivity index (χ1n) is 9.78. The molecular weight excluding hydrogens is 352 g/mol. The second kappa shape index (κ2) is 7.84. The number of nitrogens with zero attached hydrogens (tertiary/aromatic N) is 2. The van der Waals surface area contributed by atoms with Gasteiger partial charge in [-0.1, -0.05) is 37.5 Å². The zero-order chi connectivity index (χ0) is 19.5. The molecule has 1 fully saturated rings. The number of anilines is 2.